The summed E-state index contributed by atoms with van der Waals surface area (Å²) in [5.41, 5.74) is 2.53. The van der Waals surface area contributed by atoms with Crippen LogP contribution in [0.3, 0.4) is 0 Å². The van der Waals surface area contributed by atoms with Gasteiger partial charge in [-0.05, 0) is 30.8 Å². The fourth-order valence-electron chi connectivity index (χ4n) is 1.81. The molecule has 4 heteroatoms. The minimum atomic E-state index is 0.652. The lowest BCUT2D eigenvalue weighted by Gasteiger charge is -2.02. The van der Waals surface area contributed by atoms with Crippen molar-refractivity contribution in [3.8, 4) is 6.07 Å². The molecule has 0 unspecified atom stereocenters. The van der Waals surface area contributed by atoms with Crippen molar-refractivity contribution in [1.82, 2.24) is 9.55 Å². The molecule has 0 radical (unpaired) electrons. The van der Waals surface area contributed by atoms with E-state index >= 15 is 0 Å². The van der Waals surface area contributed by atoms with Gasteiger partial charge in [-0.1, -0.05) is 19.4 Å². The van der Waals surface area contributed by atoms with Crippen LogP contribution in [0, 0.1) is 16.1 Å². The predicted molar refractivity (Wildman–Crippen MR) is 66.7 cm³/mol. The predicted octanol–water partition coefficient (Wildman–Crippen LogP) is 3.37. The minimum Gasteiger partial charge on any atom is -0.329 e. The number of fused-ring (bicyclic) bond motifs is 1. The van der Waals surface area contributed by atoms with Crippen LogP contribution in [0.4, 0.5) is 0 Å². The normalized spacial score (nSPS) is 10.5. The molecule has 0 bridgehead atoms. The van der Waals surface area contributed by atoms with Gasteiger partial charge in [0.15, 0.2) is 4.77 Å². The molecule has 0 aliphatic carbocycles. The zero-order valence-electron chi connectivity index (χ0n) is 9.16. The second-order valence-electron chi connectivity index (χ2n) is 3.75. The Kier molecular flexibility index (Phi) is 3.07. The summed E-state index contributed by atoms with van der Waals surface area (Å²) in [7, 11) is 0. The third-order valence-corrected chi connectivity index (χ3v) is 2.99. The summed E-state index contributed by atoms with van der Waals surface area (Å²) in [6, 6.07) is 7.87. The molecule has 3 nitrogen and oxygen atoms in total. The highest BCUT2D eigenvalue weighted by atomic mass is 32.1. The number of nitrogens with zero attached hydrogens (tertiary/aromatic N) is 2. The lowest BCUT2D eigenvalue weighted by atomic mass is 10.2. The summed E-state index contributed by atoms with van der Waals surface area (Å²) < 4.78 is 2.76. The first-order chi connectivity index (χ1) is 7.77. The van der Waals surface area contributed by atoms with Gasteiger partial charge in [0, 0.05) is 6.54 Å². The van der Waals surface area contributed by atoms with Crippen LogP contribution in [-0.4, -0.2) is 9.55 Å². The molecule has 2 rings (SSSR count). The van der Waals surface area contributed by atoms with Gasteiger partial charge in [0.2, 0.25) is 0 Å². The Morgan fingerprint density at radius 2 is 2.31 bits per heavy atom. The quantitative estimate of drug-likeness (QED) is 0.823. The zero-order valence-corrected chi connectivity index (χ0v) is 9.97. The SMILES string of the molecule is CCCCn1c(=S)[nH]c2c(C#N)cccc21. The Hall–Kier alpha value is -1.60. The third kappa shape index (κ3) is 1.74. The first-order valence-corrected chi connectivity index (χ1v) is 5.80. The molecule has 0 aliphatic heterocycles. The van der Waals surface area contributed by atoms with Gasteiger partial charge in [-0.3, -0.25) is 0 Å². The van der Waals surface area contributed by atoms with Crippen LogP contribution in [0.1, 0.15) is 25.3 Å². The minimum absolute atomic E-state index is 0.652. The Morgan fingerprint density at radius 3 is 3.00 bits per heavy atom. The lowest BCUT2D eigenvalue weighted by Crippen LogP contribution is -1.97. The molecule has 16 heavy (non-hydrogen) atoms. The van der Waals surface area contributed by atoms with Crippen LogP contribution in [0.15, 0.2) is 18.2 Å². The van der Waals surface area contributed by atoms with Gasteiger partial charge < -0.3 is 9.55 Å². The number of nitriles is 1. The van der Waals surface area contributed by atoms with E-state index < -0.39 is 0 Å². The maximum atomic E-state index is 9.00. The van der Waals surface area contributed by atoms with E-state index in [1.807, 2.05) is 12.1 Å². The standard InChI is InChI=1S/C12H13N3S/c1-2-3-7-15-10-6-4-5-9(8-13)11(10)14-12(15)16/h4-6H,2-3,7H2,1H3,(H,14,16). The number of hydrogen-bond donors (Lipinski definition) is 1. The molecule has 0 saturated carbocycles. The van der Waals surface area contributed by atoms with Crippen LogP contribution in [0.2, 0.25) is 0 Å². The van der Waals surface area contributed by atoms with Crippen LogP contribution in [-0.2, 0) is 6.54 Å². The van der Waals surface area contributed by atoms with E-state index in [0.717, 1.165) is 30.4 Å². The summed E-state index contributed by atoms with van der Waals surface area (Å²) in [6.07, 6.45) is 2.23. The molecule has 0 aliphatic rings. The number of para-hydroxylation sites is 1. The number of nitrogens with one attached hydrogen (secondary N) is 1. The molecule has 0 fully saturated rings. The van der Waals surface area contributed by atoms with E-state index in [1.165, 1.54) is 0 Å². The zero-order chi connectivity index (χ0) is 11.5. The number of unbranched alkanes of at least 4 members (excludes halogenated alkanes) is 1. The van der Waals surface area contributed by atoms with Crippen LogP contribution in [0.5, 0.6) is 0 Å². The van der Waals surface area contributed by atoms with Crippen LogP contribution in [0.25, 0.3) is 11.0 Å². The molecule has 0 amide bonds. The van der Waals surface area contributed by atoms with Crippen molar-refractivity contribution in [2.45, 2.75) is 26.3 Å². The van der Waals surface area contributed by atoms with E-state index in [0.29, 0.717) is 10.3 Å². The first-order valence-electron chi connectivity index (χ1n) is 5.39. The number of benzene rings is 1. The van der Waals surface area contributed by atoms with Crippen molar-refractivity contribution in [3.63, 3.8) is 0 Å². The van der Waals surface area contributed by atoms with Crippen molar-refractivity contribution in [2.75, 3.05) is 0 Å². The maximum Gasteiger partial charge on any atom is 0.178 e. The first kappa shape index (κ1) is 10.9. The van der Waals surface area contributed by atoms with Crippen LogP contribution >= 0.6 is 12.2 Å². The van der Waals surface area contributed by atoms with Gasteiger partial charge in [-0.25, -0.2) is 0 Å². The Balaban J connectivity index is 2.63. The van der Waals surface area contributed by atoms with Crippen molar-refractivity contribution in [3.05, 3.63) is 28.5 Å². The molecule has 0 saturated heterocycles. The molecule has 0 spiro atoms. The van der Waals surface area contributed by atoms with E-state index in [-0.39, 0.29) is 0 Å². The van der Waals surface area contributed by atoms with E-state index in [9.17, 15) is 0 Å². The fourth-order valence-corrected chi connectivity index (χ4v) is 2.10. The molecular formula is C12H13N3S. The molecule has 1 heterocycles. The molecule has 1 aromatic carbocycles. The van der Waals surface area contributed by atoms with Gasteiger partial charge in [0.25, 0.3) is 0 Å². The second-order valence-corrected chi connectivity index (χ2v) is 4.13. The van der Waals surface area contributed by atoms with Gasteiger partial charge >= 0.3 is 0 Å². The molecule has 82 valence electrons. The Bertz CT molecular complexity index is 601. The topological polar surface area (TPSA) is 44.5 Å². The molecule has 1 N–H and O–H groups in total. The summed E-state index contributed by atoms with van der Waals surface area (Å²) in [5, 5.41) is 9.00. The van der Waals surface area contributed by atoms with Crippen molar-refractivity contribution >= 4 is 23.3 Å². The fraction of sp³-hybridized carbons (Fsp3) is 0.333. The number of aryl methyl sites for hydroxylation is 1. The lowest BCUT2D eigenvalue weighted by molar-refractivity contribution is 0.639. The number of imidazole rings is 1. The number of aromatic nitrogens is 2. The summed E-state index contributed by atoms with van der Waals surface area (Å²) in [6.45, 7) is 3.06. The molecule has 2 aromatic rings. The highest BCUT2D eigenvalue weighted by Crippen LogP contribution is 2.18. The van der Waals surface area contributed by atoms with Crippen LogP contribution < -0.4 is 0 Å². The highest BCUT2D eigenvalue weighted by Gasteiger charge is 2.06. The summed E-state index contributed by atoms with van der Waals surface area (Å²) in [4.78, 5) is 3.11. The van der Waals surface area contributed by atoms with E-state index in [2.05, 4.69) is 22.5 Å². The Labute approximate surface area is 99.3 Å². The monoisotopic (exact) mass is 231 g/mol. The number of H-pyrrole nitrogens is 1. The molecular weight excluding hydrogens is 218 g/mol. The molecule has 1 aromatic heterocycles. The third-order valence-electron chi connectivity index (χ3n) is 2.67. The average molecular weight is 231 g/mol. The smallest absolute Gasteiger partial charge is 0.178 e. The van der Waals surface area contributed by atoms with Gasteiger partial charge in [-0.2, -0.15) is 5.26 Å². The van der Waals surface area contributed by atoms with Gasteiger partial charge in [-0.15, -0.1) is 0 Å². The van der Waals surface area contributed by atoms with Gasteiger partial charge in [0.05, 0.1) is 16.6 Å². The van der Waals surface area contributed by atoms with Crippen molar-refractivity contribution in [1.29, 1.82) is 5.26 Å². The summed E-state index contributed by atoms with van der Waals surface area (Å²) in [5.74, 6) is 0. The summed E-state index contributed by atoms with van der Waals surface area (Å²) >= 11 is 5.27. The average Bonchev–Trinajstić information content (AvgIpc) is 2.62. The second kappa shape index (κ2) is 4.50. The van der Waals surface area contributed by atoms with E-state index in [1.54, 1.807) is 6.07 Å². The maximum absolute atomic E-state index is 9.00. The van der Waals surface area contributed by atoms with Gasteiger partial charge in [0.1, 0.15) is 6.07 Å². The number of aromatic amines is 1. The number of rotatable bonds is 3. The Morgan fingerprint density at radius 1 is 1.50 bits per heavy atom. The molecule has 0 atom stereocenters. The van der Waals surface area contributed by atoms with E-state index in [4.69, 9.17) is 17.5 Å². The highest BCUT2D eigenvalue weighted by molar-refractivity contribution is 7.71. The number of hydrogen-bond acceptors (Lipinski definition) is 2. The largest absolute Gasteiger partial charge is 0.329 e. The van der Waals surface area contributed by atoms with Crippen molar-refractivity contribution < 1.29 is 0 Å². The van der Waals surface area contributed by atoms with Crippen molar-refractivity contribution in [2.24, 2.45) is 0 Å².